The van der Waals surface area contributed by atoms with Crippen molar-refractivity contribution in [2.45, 2.75) is 64.5 Å². The Hall–Kier alpha value is -0.0900. The van der Waals surface area contributed by atoms with Crippen LogP contribution in [0.5, 0.6) is 0 Å². The topological polar surface area (TPSA) is 46.2 Å². The minimum absolute atomic E-state index is 0.251. The first-order chi connectivity index (χ1) is 9.19. The maximum Gasteiger partial charge on any atom is 0.155 e. The van der Waals surface area contributed by atoms with Gasteiger partial charge in [-0.2, -0.15) is 0 Å². The molecule has 2 saturated carbocycles. The van der Waals surface area contributed by atoms with Crippen molar-refractivity contribution in [3.63, 3.8) is 0 Å². The van der Waals surface area contributed by atoms with Gasteiger partial charge in [0.1, 0.15) is 0 Å². The summed E-state index contributed by atoms with van der Waals surface area (Å²) in [7, 11) is -2.98. The fourth-order valence-electron chi connectivity index (χ4n) is 3.63. The Balaban J connectivity index is 1.95. The quantitative estimate of drug-likeness (QED) is 0.735. The molecule has 0 spiro atoms. The number of hydrogen-bond donors (Lipinski definition) is 1. The van der Waals surface area contributed by atoms with Gasteiger partial charge in [0.25, 0.3) is 0 Å². The second-order valence-corrected chi connectivity index (χ2v) is 10.9. The number of hydrogen-bond acceptors (Lipinski definition) is 3. The molecule has 2 aliphatic rings. The van der Waals surface area contributed by atoms with Gasteiger partial charge in [-0.3, -0.25) is 0 Å². The first-order valence-corrected chi connectivity index (χ1v) is 9.77. The third-order valence-electron chi connectivity index (χ3n) is 5.22. The highest BCUT2D eigenvalue weighted by Crippen LogP contribution is 2.61. The van der Waals surface area contributed by atoms with E-state index in [9.17, 15) is 8.42 Å². The Labute approximate surface area is 124 Å². The molecule has 4 heteroatoms. The van der Waals surface area contributed by atoms with Crippen LogP contribution in [0.3, 0.4) is 0 Å². The molecule has 0 aromatic rings. The molecule has 0 radical (unpaired) electrons. The summed E-state index contributed by atoms with van der Waals surface area (Å²) in [6.45, 7) is 9.68. The fourth-order valence-corrected chi connectivity index (χ4v) is 4.94. The monoisotopic (exact) mass is 301 g/mol. The number of rotatable bonds is 7. The minimum Gasteiger partial charge on any atom is -0.316 e. The molecule has 2 aliphatic carbocycles. The Kier molecular flexibility index (Phi) is 4.56. The highest BCUT2D eigenvalue weighted by atomic mass is 32.2. The lowest BCUT2D eigenvalue weighted by molar-refractivity contribution is 0.241. The van der Waals surface area contributed by atoms with E-state index in [2.05, 4.69) is 12.2 Å². The largest absolute Gasteiger partial charge is 0.316 e. The van der Waals surface area contributed by atoms with E-state index in [1.165, 1.54) is 19.3 Å². The SMILES string of the molecule is CCCNCC1(CCS(=O)(=O)C(C)(C)C)CC2CC2C1. The zero-order valence-electron chi connectivity index (χ0n) is 13.5. The molecule has 2 unspecified atom stereocenters. The van der Waals surface area contributed by atoms with Crippen molar-refractivity contribution in [2.24, 2.45) is 17.3 Å². The van der Waals surface area contributed by atoms with E-state index in [-0.39, 0.29) is 5.41 Å². The van der Waals surface area contributed by atoms with Gasteiger partial charge in [-0.25, -0.2) is 8.42 Å². The fraction of sp³-hybridized carbons (Fsp3) is 1.00. The van der Waals surface area contributed by atoms with Crippen molar-refractivity contribution >= 4 is 9.84 Å². The van der Waals surface area contributed by atoms with Crippen LogP contribution < -0.4 is 5.32 Å². The molecule has 0 aromatic heterocycles. The average molecular weight is 301 g/mol. The van der Waals surface area contributed by atoms with E-state index in [4.69, 9.17) is 0 Å². The summed E-state index contributed by atoms with van der Waals surface area (Å²) in [5, 5.41) is 3.54. The highest BCUT2D eigenvalue weighted by molar-refractivity contribution is 7.92. The van der Waals surface area contributed by atoms with E-state index >= 15 is 0 Å². The molecule has 0 saturated heterocycles. The summed E-state index contributed by atoms with van der Waals surface area (Å²) in [4.78, 5) is 0. The molecule has 0 amide bonds. The van der Waals surface area contributed by atoms with Crippen LogP contribution >= 0.6 is 0 Å². The molecule has 0 bridgehead atoms. The van der Waals surface area contributed by atoms with E-state index in [1.54, 1.807) is 0 Å². The Morgan fingerprint density at radius 2 is 1.80 bits per heavy atom. The van der Waals surface area contributed by atoms with Crippen molar-refractivity contribution in [1.29, 1.82) is 0 Å². The second kappa shape index (κ2) is 5.60. The summed E-state index contributed by atoms with van der Waals surface area (Å²) >= 11 is 0. The summed E-state index contributed by atoms with van der Waals surface area (Å²) < 4.78 is 24.1. The zero-order chi connectivity index (χ0) is 15.0. The van der Waals surface area contributed by atoms with Gasteiger partial charge in [0.15, 0.2) is 9.84 Å². The van der Waals surface area contributed by atoms with Crippen molar-refractivity contribution in [3.8, 4) is 0 Å². The second-order valence-electron chi connectivity index (χ2n) is 8.02. The molecule has 2 rings (SSSR count). The molecular formula is C16H31NO2S. The standard InChI is InChI=1S/C16H31NO2S/c1-5-7-17-12-16(10-13-9-14(13)11-16)6-8-20(18,19)15(2,3)4/h13-14,17H,5-12H2,1-4H3. The maximum absolute atomic E-state index is 12.4. The molecule has 0 heterocycles. The summed E-state index contributed by atoms with van der Waals surface area (Å²) in [5.74, 6) is 2.15. The van der Waals surface area contributed by atoms with Crippen LogP contribution in [-0.4, -0.2) is 32.0 Å². The van der Waals surface area contributed by atoms with Gasteiger partial charge >= 0.3 is 0 Å². The number of fused-ring (bicyclic) bond motifs is 1. The molecule has 1 N–H and O–H groups in total. The first-order valence-electron chi connectivity index (χ1n) is 8.12. The van der Waals surface area contributed by atoms with E-state index in [1.807, 2.05) is 20.8 Å². The van der Waals surface area contributed by atoms with Gasteiger partial charge in [0, 0.05) is 6.54 Å². The summed E-state index contributed by atoms with van der Waals surface area (Å²) in [6.07, 6.45) is 5.86. The van der Waals surface area contributed by atoms with Crippen molar-refractivity contribution in [1.82, 2.24) is 5.32 Å². The third kappa shape index (κ3) is 3.56. The molecule has 3 nitrogen and oxygen atoms in total. The van der Waals surface area contributed by atoms with Crippen molar-refractivity contribution in [2.75, 3.05) is 18.8 Å². The molecule has 20 heavy (non-hydrogen) atoms. The van der Waals surface area contributed by atoms with Gasteiger partial charge in [-0.15, -0.1) is 0 Å². The summed E-state index contributed by atoms with van der Waals surface area (Å²) in [6, 6.07) is 0. The molecule has 118 valence electrons. The van der Waals surface area contributed by atoms with Crippen LogP contribution in [-0.2, 0) is 9.84 Å². The van der Waals surface area contributed by atoms with Gasteiger partial charge in [0.05, 0.1) is 10.5 Å². The molecule has 0 aromatic carbocycles. The molecule has 2 fully saturated rings. The lowest BCUT2D eigenvalue weighted by Gasteiger charge is -2.32. The van der Waals surface area contributed by atoms with Crippen LogP contribution in [0.25, 0.3) is 0 Å². The molecule has 2 atom stereocenters. The van der Waals surface area contributed by atoms with Gasteiger partial charge in [0.2, 0.25) is 0 Å². The lowest BCUT2D eigenvalue weighted by atomic mass is 9.80. The van der Waals surface area contributed by atoms with Gasteiger partial charge in [-0.05, 0) is 76.7 Å². The van der Waals surface area contributed by atoms with Crippen LogP contribution in [0, 0.1) is 17.3 Å². The Bertz CT molecular complexity index is 426. The Morgan fingerprint density at radius 3 is 2.30 bits per heavy atom. The van der Waals surface area contributed by atoms with Crippen molar-refractivity contribution < 1.29 is 8.42 Å². The predicted octanol–water partition coefficient (Wildman–Crippen LogP) is 3.01. The molecular weight excluding hydrogens is 270 g/mol. The smallest absolute Gasteiger partial charge is 0.155 e. The van der Waals surface area contributed by atoms with Gasteiger partial charge < -0.3 is 5.32 Å². The van der Waals surface area contributed by atoms with Crippen LogP contribution in [0.4, 0.5) is 0 Å². The number of nitrogens with one attached hydrogen (secondary N) is 1. The summed E-state index contributed by atoms with van der Waals surface area (Å²) in [5.41, 5.74) is 0.251. The minimum atomic E-state index is -2.98. The maximum atomic E-state index is 12.4. The predicted molar refractivity (Wildman–Crippen MR) is 84.6 cm³/mol. The first kappa shape index (κ1) is 16.3. The van der Waals surface area contributed by atoms with Gasteiger partial charge in [-0.1, -0.05) is 6.92 Å². The normalized spacial score (nSPS) is 33.2. The van der Waals surface area contributed by atoms with E-state index < -0.39 is 14.6 Å². The third-order valence-corrected chi connectivity index (χ3v) is 7.83. The zero-order valence-corrected chi connectivity index (χ0v) is 14.4. The van der Waals surface area contributed by atoms with Crippen LogP contribution in [0.15, 0.2) is 0 Å². The van der Waals surface area contributed by atoms with Crippen molar-refractivity contribution in [3.05, 3.63) is 0 Å². The van der Waals surface area contributed by atoms with Crippen LogP contribution in [0.1, 0.15) is 59.8 Å². The number of sulfone groups is 1. The lowest BCUT2D eigenvalue weighted by Crippen LogP contribution is -2.38. The highest BCUT2D eigenvalue weighted by Gasteiger charge is 2.53. The van der Waals surface area contributed by atoms with E-state index in [0.717, 1.165) is 37.8 Å². The average Bonchev–Trinajstić information content (AvgIpc) is 2.95. The van der Waals surface area contributed by atoms with Crippen LogP contribution in [0.2, 0.25) is 0 Å². The Morgan fingerprint density at radius 1 is 1.20 bits per heavy atom. The van der Waals surface area contributed by atoms with E-state index in [0.29, 0.717) is 5.75 Å². The molecule has 0 aliphatic heterocycles.